The molecular formula is C17H16NO4S2-. The second kappa shape index (κ2) is 8.65. The number of carbonyl (C=O) groups excluding carboxylic acids is 2. The van der Waals surface area contributed by atoms with Gasteiger partial charge in [-0.1, -0.05) is 54.8 Å². The number of thioether (sulfide) groups is 1. The first-order chi connectivity index (χ1) is 11.5. The van der Waals surface area contributed by atoms with Gasteiger partial charge in [0.1, 0.15) is 16.7 Å². The number of aliphatic carboxylic acids is 1. The minimum absolute atomic E-state index is 0.103. The molecule has 0 saturated carbocycles. The molecule has 0 bridgehead atoms. The molecule has 1 aromatic rings. The first-order valence-corrected chi connectivity index (χ1v) is 8.53. The van der Waals surface area contributed by atoms with E-state index in [4.69, 9.17) is 17.0 Å². The maximum atomic E-state index is 12.5. The van der Waals surface area contributed by atoms with E-state index in [0.29, 0.717) is 28.0 Å². The molecule has 7 heteroatoms. The molecule has 0 spiro atoms. The van der Waals surface area contributed by atoms with E-state index in [9.17, 15) is 14.7 Å². The second-order valence-electron chi connectivity index (χ2n) is 4.95. The van der Waals surface area contributed by atoms with Gasteiger partial charge in [0.2, 0.25) is 0 Å². The molecule has 1 aliphatic rings. The van der Waals surface area contributed by atoms with Gasteiger partial charge in [-0.25, -0.2) is 0 Å². The summed E-state index contributed by atoms with van der Waals surface area (Å²) in [6, 6.07) is 7.37. The van der Waals surface area contributed by atoms with Crippen molar-refractivity contribution in [1.82, 2.24) is 4.90 Å². The van der Waals surface area contributed by atoms with Crippen molar-refractivity contribution in [2.75, 3.05) is 13.2 Å². The minimum Gasteiger partial charge on any atom is -0.550 e. The Morgan fingerprint density at radius 2 is 2.17 bits per heavy atom. The Morgan fingerprint density at radius 1 is 1.42 bits per heavy atom. The first kappa shape index (κ1) is 18.2. The molecule has 1 heterocycles. The highest BCUT2D eigenvalue weighted by molar-refractivity contribution is 8.26. The van der Waals surface area contributed by atoms with Crippen LogP contribution in [0, 0.1) is 0 Å². The number of carboxylic acid groups (broad SMARTS) is 1. The van der Waals surface area contributed by atoms with E-state index >= 15 is 0 Å². The third-order valence-electron chi connectivity index (χ3n) is 3.20. The van der Waals surface area contributed by atoms with Gasteiger partial charge in [0, 0.05) is 18.1 Å². The van der Waals surface area contributed by atoms with Gasteiger partial charge in [0.05, 0.1) is 4.91 Å². The second-order valence-corrected chi connectivity index (χ2v) is 6.62. The summed E-state index contributed by atoms with van der Waals surface area (Å²) in [4.78, 5) is 24.8. The van der Waals surface area contributed by atoms with Crippen LogP contribution >= 0.6 is 24.0 Å². The lowest BCUT2D eigenvalue weighted by atomic mass is 10.2. The number of hydrogen-bond acceptors (Lipinski definition) is 6. The highest BCUT2D eigenvalue weighted by Gasteiger charge is 2.31. The number of ether oxygens (including phenoxy) is 1. The van der Waals surface area contributed by atoms with Gasteiger partial charge in [0.25, 0.3) is 5.91 Å². The molecule has 0 N–H and O–H groups in total. The van der Waals surface area contributed by atoms with Crippen LogP contribution in [-0.2, 0) is 9.59 Å². The fraction of sp³-hybridized carbons (Fsp3) is 0.235. The Labute approximate surface area is 150 Å². The summed E-state index contributed by atoms with van der Waals surface area (Å²) < 4.78 is 6.00. The van der Waals surface area contributed by atoms with Gasteiger partial charge >= 0.3 is 0 Å². The zero-order valence-corrected chi connectivity index (χ0v) is 14.5. The Balaban J connectivity index is 2.13. The predicted molar refractivity (Wildman–Crippen MR) is 96.3 cm³/mol. The number of nitrogens with zero attached hydrogens (tertiary/aromatic N) is 1. The molecule has 0 radical (unpaired) electrons. The highest BCUT2D eigenvalue weighted by Crippen LogP contribution is 2.34. The average Bonchev–Trinajstić information content (AvgIpc) is 2.81. The molecule has 0 aliphatic carbocycles. The Bertz CT molecular complexity index is 700. The Hall–Kier alpha value is -2.12. The maximum absolute atomic E-state index is 12.5. The van der Waals surface area contributed by atoms with Crippen molar-refractivity contribution in [2.24, 2.45) is 0 Å². The predicted octanol–water partition coefficient (Wildman–Crippen LogP) is 1.98. The van der Waals surface area contributed by atoms with Crippen LogP contribution in [0.5, 0.6) is 5.75 Å². The zero-order valence-electron chi connectivity index (χ0n) is 12.9. The molecule has 24 heavy (non-hydrogen) atoms. The molecule has 0 unspecified atom stereocenters. The molecule has 2 rings (SSSR count). The highest BCUT2D eigenvalue weighted by atomic mass is 32.2. The summed E-state index contributed by atoms with van der Waals surface area (Å²) in [6.07, 6.45) is 3.58. The van der Waals surface area contributed by atoms with Crippen LogP contribution in [-0.4, -0.2) is 34.2 Å². The summed E-state index contributed by atoms with van der Waals surface area (Å²) in [5.41, 5.74) is 0.773. The number of para-hydroxylation sites is 1. The molecule has 1 saturated heterocycles. The van der Waals surface area contributed by atoms with Crippen molar-refractivity contribution >= 4 is 46.3 Å². The van der Waals surface area contributed by atoms with Crippen LogP contribution in [0.25, 0.3) is 6.08 Å². The Kier molecular flexibility index (Phi) is 6.57. The average molecular weight is 362 g/mol. The largest absolute Gasteiger partial charge is 0.550 e. The topological polar surface area (TPSA) is 69.7 Å². The molecule has 1 aromatic carbocycles. The van der Waals surface area contributed by atoms with E-state index in [1.807, 2.05) is 24.3 Å². The van der Waals surface area contributed by atoms with Crippen LogP contribution in [0.1, 0.15) is 18.4 Å². The standard InChI is InChI=1S/C17H17NO4S2/c1-2-10-22-13-7-4-3-6-12(13)11-14-16(21)18(17(23)24-14)9-5-8-15(19)20/h2-4,6-7,11H,1,5,8-10H2,(H,19,20)/p-1. The lowest BCUT2D eigenvalue weighted by molar-refractivity contribution is -0.305. The molecule has 1 amide bonds. The van der Waals surface area contributed by atoms with E-state index in [0.717, 1.165) is 5.56 Å². The monoisotopic (exact) mass is 362 g/mol. The molecule has 0 atom stereocenters. The van der Waals surface area contributed by atoms with Crippen LogP contribution in [0.15, 0.2) is 41.8 Å². The normalized spacial score (nSPS) is 15.8. The van der Waals surface area contributed by atoms with Gasteiger partial charge in [0.15, 0.2) is 0 Å². The number of carboxylic acids is 1. The van der Waals surface area contributed by atoms with Gasteiger partial charge in [-0.3, -0.25) is 9.69 Å². The summed E-state index contributed by atoms with van der Waals surface area (Å²) in [5, 5.41) is 10.5. The number of amides is 1. The third kappa shape index (κ3) is 4.69. The lowest BCUT2D eigenvalue weighted by Gasteiger charge is -2.14. The number of hydrogen-bond donors (Lipinski definition) is 0. The van der Waals surface area contributed by atoms with Gasteiger partial charge in [-0.05, 0) is 25.0 Å². The van der Waals surface area contributed by atoms with Crippen molar-refractivity contribution in [3.05, 3.63) is 47.4 Å². The van der Waals surface area contributed by atoms with E-state index < -0.39 is 5.97 Å². The number of rotatable bonds is 8. The zero-order chi connectivity index (χ0) is 17.5. The van der Waals surface area contributed by atoms with E-state index in [-0.39, 0.29) is 18.9 Å². The molecule has 0 aromatic heterocycles. The number of carbonyl (C=O) groups is 2. The van der Waals surface area contributed by atoms with Crippen molar-refractivity contribution < 1.29 is 19.4 Å². The van der Waals surface area contributed by atoms with Gasteiger partial charge in [-0.2, -0.15) is 0 Å². The van der Waals surface area contributed by atoms with Crippen LogP contribution in [0.3, 0.4) is 0 Å². The SMILES string of the molecule is C=CCOc1ccccc1C=C1SC(=S)N(CCCC(=O)[O-])C1=O. The van der Waals surface area contributed by atoms with Crippen molar-refractivity contribution in [3.63, 3.8) is 0 Å². The van der Waals surface area contributed by atoms with E-state index in [1.54, 1.807) is 12.2 Å². The first-order valence-electron chi connectivity index (χ1n) is 7.31. The number of thiocarbonyl (C=S) groups is 1. The molecule has 5 nitrogen and oxygen atoms in total. The van der Waals surface area contributed by atoms with Gasteiger partial charge < -0.3 is 14.6 Å². The Morgan fingerprint density at radius 3 is 2.88 bits per heavy atom. The quantitative estimate of drug-likeness (QED) is 0.400. The fourth-order valence-electron chi connectivity index (χ4n) is 2.10. The van der Waals surface area contributed by atoms with Crippen LogP contribution < -0.4 is 9.84 Å². The van der Waals surface area contributed by atoms with Crippen molar-refractivity contribution in [3.8, 4) is 5.75 Å². The molecule has 1 aliphatic heterocycles. The molecule has 1 fully saturated rings. The van der Waals surface area contributed by atoms with Crippen LogP contribution in [0.4, 0.5) is 0 Å². The van der Waals surface area contributed by atoms with E-state index in [1.165, 1.54) is 16.7 Å². The minimum atomic E-state index is -1.13. The number of benzene rings is 1. The molecular weight excluding hydrogens is 346 g/mol. The van der Waals surface area contributed by atoms with Crippen molar-refractivity contribution in [1.29, 1.82) is 0 Å². The van der Waals surface area contributed by atoms with Crippen molar-refractivity contribution in [2.45, 2.75) is 12.8 Å². The van der Waals surface area contributed by atoms with E-state index in [2.05, 4.69) is 6.58 Å². The lowest BCUT2D eigenvalue weighted by Crippen LogP contribution is -2.30. The summed E-state index contributed by atoms with van der Waals surface area (Å²) in [6.45, 7) is 4.25. The summed E-state index contributed by atoms with van der Waals surface area (Å²) in [5.74, 6) is -0.703. The molecule has 126 valence electrons. The van der Waals surface area contributed by atoms with Gasteiger partial charge in [-0.15, -0.1) is 0 Å². The smallest absolute Gasteiger partial charge is 0.266 e. The third-order valence-corrected chi connectivity index (χ3v) is 4.58. The summed E-state index contributed by atoms with van der Waals surface area (Å²) >= 11 is 6.41. The maximum Gasteiger partial charge on any atom is 0.266 e. The fourth-order valence-corrected chi connectivity index (χ4v) is 3.39. The van der Waals surface area contributed by atoms with Crippen LogP contribution in [0.2, 0.25) is 0 Å². The summed E-state index contributed by atoms with van der Waals surface area (Å²) in [7, 11) is 0.